The summed E-state index contributed by atoms with van der Waals surface area (Å²) in [5, 5.41) is 10.0. The first-order valence-electron chi connectivity index (χ1n) is 12.8. The van der Waals surface area contributed by atoms with Crippen molar-refractivity contribution in [1.29, 1.82) is 0 Å². The molecule has 1 unspecified atom stereocenters. The molecule has 2 amide bonds. The quantitative estimate of drug-likeness (QED) is 0.220. The van der Waals surface area contributed by atoms with Gasteiger partial charge in [-0.05, 0) is 67.0 Å². The zero-order valence-corrected chi connectivity index (χ0v) is 25.8. The molecule has 2 atom stereocenters. The maximum absolute atomic E-state index is 12.5. The second kappa shape index (κ2) is 12.6. The molecule has 13 nitrogen and oxygen atoms in total. The van der Waals surface area contributed by atoms with Gasteiger partial charge in [-0.2, -0.15) is 9.19 Å². The van der Waals surface area contributed by atoms with Gasteiger partial charge >= 0.3 is 12.2 Å². The van der Waals surface area contributed by atoms with E-state index in [9.17, 15) is 18.4 Å². The molecule has 0 aromatic carbocycles. The minimum atomic E-state index is -2.36. The Morgan fingerprint density at radius 1 is 1.12 bits per heavy atom. The van der Waals surface area contributed by atoms with Gasteiger partial charge in [0.15, 0.2) is 11.6 Å². The molecule has 0 aliphatic carbocycles. The topological polar surface area (TPSA) is 167 Å². The Morgan fingerprint density at radius 3 is 2.34 bits per heavy atom. The largest absolute Gasteiger partial charge is 0.488 e. The summed E-state index contributed by atoms with van der Waals surface area (Å²) < 4.78 is 38.8. The number of alkyl carbamates (subject to hydrolysis) is 1. The fourth-order valence-corrected chi connectivity index (χ4v) is 4.32. The summed E-state index contributed by atoms with van der Waals surface area (Å²) in [6.07, 6.45) is 0.570. The molecule has 0 spiro atoms. The van der Waals surface area contributed by atoms with Crippen LogP contribution in [0.15, 0.2) is 18.3 Å². The van der Waals surface area contributed by atoms with Gasteiger partial charge in [-0.3, -0.25) is 14.9 Å². The number of halogens is 1. The molecule has 15 heteroatoms. The van der Waals surface area contributed by atoms with Crippen molar-refractivity contribution in [2.24, 2.45) is 0 Å². The van der Waals surface area contributed by atoms with Crippen molar-refractivity contribution in [3.63, 3.8) is 0 Å². The standard InChI is InChI=1S/C26H35ClN6O7S/c1-9-15(29-23(34)39-25(3,4)5)13-38-20-11-17(21(27)30-22(20)31-24(35)40-26(6,7)8)18-10-16-14(2)32-33(41(36)37)19(16)12-28-18/h10-12,15H,9,13H2,1-8H3,(H,29,34)(H,36,37)(H,30,31,35)/t15-/m0/s1. The molecular weight excluding hydrogens is 576 g/mol. The van der Waals surface area contributed by atoms with E-state index in [0.29, 0.717) is 34.3 Å². The summed E-state index contributed by atoms with van der Waals surface area (Å²) in [5.41, 5.74) is 0.179. The van der Waals surface area contributed by atoms with Crippen LogP contribution >= 0.6 is 11.6 Å². The summed E-state index contributed by atoms with van der Waals surface area (Å²) in [4.78, 5) is 33.6. The van der Waals surface area contributed by atoms with E-state index in [1.165, 1.54) is 6.20 Å². The van der Waals surface area contributed by atoms with E-state index in [1.54, 1.807) is 60.6 Å². The minimum Gasteiger partial charge on any atom is -0.488 e. The smallest absolute Gasteiger partial charge is 0.413 e. The number of hydrogen-bond donors (Lipinski definition) is 3. The number of fused-ring (bicyclic) bond motifs is 1. The molecule has 0 fully saturated rings. The van der Waals surface area contributed by atoms with Gasteiger partial charge in [0.05, 0.1) is 23.6 Å². The fourth-order valence-electron chi connectivity index (χ4n) is 3.58. The van der Waals surface area contributed by atoms with Crippen LogP contribution in [0.3, 0.4) is 0 Å². The van der Waals surface area contributed by atoms with Gasteiger partial charge in [0.1, 0.15) is 28.5 Å². The highest BCUT2D eigenvalue weighted by atomic mass is 35.5. The van der Waals surface area contributed by atoms with E-state index in [4.69, 9.17) is 25.8 Å². The maximum atomic E-state index is 12.5. The number of nitrogens with zero attached hydrogens (tertiary/aromatic N) is 4. The van der Waals surface area contributed by atoms with Crippen LogP contribution in [0.4, 0.5) is 15.4 Å². The fraction of sp³-hybridized carbons (Fsp3) is 0.500. The van der Waals surface area contributed by atoms with Gasteiger partial charge < -0.3 is 19.5 Å². The molecule has 3 N–H and O–H groups in total. The van der Waals surface area contributed by atoms with E-state index in [2.05, 4.69) is 25.7 Å². The van der Waals surface area contributed by atoms with Crippen LogP contribution in [-0.4, -0.2) is 64.0 Å². The lowest BCUT2D eigenvalue weighted by Crippen LogP contribution is -2.41. The molecule has 41 heavy (non-hydrogen) atoms. The summed E-state index contributed by atoms with van der Waals surface area (Å²) >= 11 is 4.18. The molecule has 3 aromatic heterocycles. The molecule has 0 aliphatic heterocycles. The lowest BCUT2D eigenvalue weighted by molar-refractivity contribution is 0.0486. The molecular formula is C26H35ClN6O7S. The molecule has 3 rings (SSSR count). The Balaban J connectivity index is 1.98. The molecule has 0 bridgehead atoms. The van der Waals surface area contributed by atoms with E-state index >= 15 is 0 Å². The van der Waals surface area contributed by atoms with Gasteiger partial charge in [-0.15, -0.1) is 0 Å². The van der Waals surface area contributed by atoms with Crippen LogP contribution in [0.25, 0.3) is 22.2 Å². The van der Waals surface area contributed by atoms with Crippen molar-refractivity contribution in [3.8, 4) is 17.0 Å². The van der Waals surface area contributed by atoms with E-state index < -0.39 is 40.7 Å². The zero-order valence-electron chi connectivity index (χ0n) is 24.2. The number of aryl methyl sites for hydroxylation is 1. The molecule has 3 aromatic rings. The van der Waals surface area contributed by atoms with Crippen molar-refractivity contribution in [3.05, 3.63) is 29.2 Å². The van der Waals surface area contributed by atoms with E-state index in [-0.39, 0.29) is 23.3 Å². The number of ether oxygens (including phenoxy) is 3. The van der Waals surface area contributed by atoms with Crippen LogP contribution in [-0.2, 0) is 20.7 Å². The second-order valence-corrected chi connectivity index (χ2v) is 12.3. The monoisotopic (exact) mass is 610 g/mol. The Morgan fingerprint density at radius 2 is 1.76 bits per heavy atom. The van der Waals surface area contributed by atoms with Gasteiger partial charge in [-0.1, -0.05) is 18.5 Å². The first-order valence-corrected chi connectivity index (χ1v) is 14.2. The van der Waals surface area contributed by atoms with Gasteiger partial charge in [0.25, 0.3) is 11.3 Å². The lowest BCUT2D eigenvalue weighted by atomic mass is 10.1. The molecule has 0 radical (unpaired) electrons. The number of amides is 2. The first kappa shape index (κ1) is 32.0. The number of aromatic nitrogens is 4. The summed E-state index contributed by atoms with van der Waals surface area (Å²) in [6.45, 7) is 14.0. The normalized spacial score (nSPS) is 13.4. The zero-order chi connectivity index (χ0) is 30.7. The number of carbonyl (C=O) groups is 2. The highest BCUT2D eigenvalue weighted by Gasteiger charge is 2.23. The number of anilines is 1. The van der Waals surface area contributed by atoms with Crippen LogP contribution in [0.5, 0.6) is 5.75 Å². The average Bonchev–Trinajstić information content (AvgIpc) is 3.16. The summed E-state index contributed by atoms with van der Waals surface area (Å²) in [7, 11) is 0. The lowest BCUT2D eigenvalue weighted by Gasteiger charge is -2.24. The Kier molecular flexibility index (Phi) is 9.82. The van der Waals surface area contributed by atoms with Gasteiger partial charge in [-0.25, -0.2) is 18.8 Å². The van der Waals surface area contributed by atoms with Crippen molar-refractivity contribution < 1.29 is 32.6 Å². The molecule has 0 saturated heterocycles. The molecule has 0 saturated carbocycles. The predicted octanol–water partition coefficient (Wildman–Crippen LogP) is 5.47. The Bertz CT molecular complexity index is 1470. The van der Waals surface area contributed by atoms with E-state index in [1.807, 2.05) is 6.92 Å². The highest BCUT2D eigenvalue weighted by molar-refractivity contribution is 7.77. The third-order valence-electron chi connectivity index (χ3n) is 5.36. The van der Waals surface area contributed by atoms with Crippen LogP contribution < -0.4 is 15.4 Å². The highest BCUT2D eigenvalue weighted by Crippen LogP contribution is 2.35. The third-order valence-corrected chi connectivity index (χ3v) is 6.22. The Labute approximate surface area is 245 Å². The molecule has 224 valence electrons. The Hall–Kier alpha value is -3.49. The summed E-state index contributed by atoms with van der Waals surface area (Å²) in [5.74, 6) is 0.145. The van der Waals surface area contributed by atoms with E-state index in [0.717, 1.165) is 4.09 Å². The van der Waals surface area contributed by atoms with Gasteiger partial charge in [0, 0.05) is 10.9 Å². The first-order chi connectivity index (χ1) is 19.0. The SMILES string of the molecule is CC[C@@H](COc1cc(-c2cc3c(C)nn(S(=O)O)c3cn2)c(Cl)nc1NC(=O)OC(C)(C)C)NC(=O)OC(C)(C)C. The van der Waals surface area contributed by atoms with Crippen LogP contribution in [0, 0.1) is 6.92 Å². The predicted molar refractivity (Wildman–Crippen MR) is 155 cm³/mol. The van der Waals surface area contributed by atoms with Crippen LogP contribution in [0.1, 0.15) is 60.6 Å². The number of pyridine rings is 2. The maximum Gasteiger partial charge on any atom is 0.413 e. The number of nitrogens with one attached hydrogen (secondary N) is 2. The molecule has 0 aliphatic rings. The third kappa shape index (κ3) is 8.75. The van der Waals surface area contributed by atoms with Crippen molar-refractivity contribution in [2.45, 2.75) is 79.1 Å². The van der Waals surface area contributed by atoms with Crippen molar-refractivity contribution >= 4 is 51.8 Å². The van der Waals surface area contributed by atoms with Crippen LogP contribution in [0.2, 0.25) is 5.15 Å². The van der Waals surface area contributed by atoms with Crippen molar-refractivity contribution in [2.75, 3.05) is 11.9 Å². The molecule has 3 heterocycles. The summed E-state index contributed by atoms with van der Waals surface area (Å²) in [6, 6.07) is 2.79. The van der Waals surface area contributed by atoms with Gasteiger partial charge in [0.2, 0.25) is 0 Å². The number of carbonyl (C=O) groups excluding carboxylic acids is 2. The average molecular weight is 611 g/mol. The van der Waals surface area contributed by atoms with Crippen molar-refractivity contribution in [1.82, 2.24) is 24.5 Å². The number of rotatable bonds is 8. The number of hydrogen-bond acceptors (Lipinski definition) is 9. The second-order valence-electron chi connectivity index (χ2n) is 11.1. The minimum absolute atomic E-state index is 0.000812.